The molecular formula is C10H13N3O4. The van der Waals surface area contributed by atoms with E-state index in [4.69, 9.17) is 5.11 Å². The van der Waals surface area contributed by atoms with E-state index < -0.39 is 16.9 Å². The zero-order valence-corrected chi connectivity index (χ0v) is 9.45. The number of carboxylic acid groups (broad SMARTS) is 1. The van der Waals surface area contributed by atoms with Crippen LogP contribution in [0.5, 0.6) is 0 Å². The number of rotatable bonds is 5. The van der Waals surface area contributed by atoms with E-state index in [0.717, 1.165) is 0 Å². The van der Waals surface area contributed by atoms with Gasteiger partial charge < -0.3 is 10.4 Å². The Labute approximate surface area is 97.6 Å². The van der Waals surface area contributed by atoms with Crippen molar-refractivity contribution in [1.29, 1.82) is 0 Å². The van der Waals surface area contributed by atoms with Crippen LogP contribution in [0.15, 0.2) is 18.3 Å². The Kier molecular flexibility index (Phi) is 3.97. The number of nitrogens with one attached hydrogen (secondary N) is 1. The van der Waals surface area contributed by atoms with Crippen molar-refractivity contribution < 1.29 is 14.8 Å². The van der Waals surface area contributed by atoms with Gasteiger partial charge in [-0.05, 0) is 12.0 Å². The summed E-state index contributed by atoms with van der Waals surface area (Å²) in [5.74, 6) is -1.31. The highest BCUT2D eigenvalue weighted by molar-refractivity contribution is 5.78. The zero-order chi connectivity index (χ0) is 13.0. The van der Waals surface area contributed by atoms with Crippen LogP contribution in [0.3, 0.4) is 0 Å². The summed E-state index contributed by atoms with van der Waals surface area (Å²) >= 11 is 0. The van der Waals surface area contributed by atoms with Gasteiger partial charge in [-0.15, -0.1) is 0 Å². The molecule has 0 fully saturated rings. The maximum Gasteiger partial charge on any atom is 0.326 e. The topological polar surface area (TPSA) is 105 Å². The number of hydrogen-bond donors (Lipinski definition) is 2. The summed E-state index contributed by atoms with van der Waals surface area (Å²) in [6.45, 7) is 3.42. The van der Waals surface area contributed by atoms with Gasteiger partial charge in [-0.2, -0.15) is 0 Å². The minimum absolute atomic E-state index is 0.0291. The molecule has 92 valence electrons. The Balaban J connectivity index is 3.01. The van der Waals surface area contributed by atoms with E-state index in [9.17, 15) is 14.9 Å². The second-order valence-corrected chi connectivity index (χ2v) is 3.83. The largest absolute Gasteiger partial charge is 0.480 e. The molecule has 7 nitrogen and oxygen atoms in total. The smallest absolute Gasteiger partial charge is 0.326 e. The molecule has 0 aliphatic heterocycles. The number of pyridine rings is 1. The van der Waals surface area contributed by atoms with Crippen molar-refractivity contribution in [2.45, 2.75) is 19.9 Å². The summed E-state index contributed by atoms with van der Waals surface area (Å²) in [7, 11) is 0. The third-order valence-electron chi connectivity index (χ3n) is 2.21. The standard InChI is InChI=1S/C10H13N3O4/c1-6(2)8(10(14)15)12-9-7(13(16)17)4-3-5-11-9/h3-6,8H,1-2H3,(H,11,12)(H,14,15)/t8-/m0/s1. The van der Waals surface area contributed by atoms with Gasteiger partial charge in [0.1, 0.15) is 6.04 Å². The lowest BCUT2D eigenvalue weighted by Crippen LogP contribution is -2.34. The van der Waals surface area contributed by atoms with Gasteiger partial charge in [-0.25, -0.2) is 9.78 Å². The molecule has 7 heteroatoms. The lowest BCUT2D eigenvalue weighted by molar-refractivity contribution is -0.384. The average molecular weight is 239 g/mol. The Hall–Kier alpha value is -2.18. The summed E-state index contributed by atoms with van der Waals surface area (Å²) in [5.41, 5.74) is -0.237. The van der Waals surface area contributed by atoms with Crippen LogP contribution in [-0.4, -0.2) is 27.0 Å². The van der Waals surface area contributed by atoms with Crippen molar-refractivity contribution in [2.24, 2.45) is 5.92 Å². The van der Waals surface area contributed by atoms with Gasteiger partial charge in [0.05, 0.1) is 4.92 Å². The van der Waals surface area contributed by atoms with E-state index in [1.807, 2.05) is 0 Å². The second kappa shape index (κ2) is 5.24. The highest BCUT2D eigenvalue weighted by Crippen LogP contribution is 2.22. The molecule has 0 amide bonds. The van der Waals surface area contributed by atoms with Crippen molar-refractivity contribution in [3.8, 4) is 0 Å². The zero-order valence-electron chi connectivity index (χ0n) is 9.45. The van der Waals surface area contributed by atoms with E-state index in [1.165, 1.54) is 18.3 Å². The van der Waals surface area contributed by atoms with Crippen LogP contribution < -0.4 is 5.32 Å². The summed E-state index contributed by atoms with van der Waals surface area (Å²) in [6.07, 6.45) is 1.37. The van der Waals surface area contributed by atoms with Crippen molar-refractivity contribution in [3.05, 3.63) is 28.4 Å². The first-order chi connectivity index (χ1) is 7.93. The van der Waals surface area contributed by atoms with Crippen molar-refractivity contribution in [1.82, 2.24) is 4.98 Å². The molecule has 0 saturated heterocycles. The summed E-state index contributed by atoms with van der Waals surface area (Å²) < 4.78 is 0. The molecule has 0 aliphatic rings. The minimum Gasteiger partial charge on any atom is -0.480 e. The quantitative estimate of drug-likeness (QED) is 0.596. The first-order valence-corrected chi connectivity index (χ1v) is 5.02. The third-order valence-corrected chi connectivity index (χ3v) is 2.21. The number of carbonyl (C=O) groups is 1. The van der Waals surface area contributed by atoms with Gasteiger partial charge in [0.25, 0.3) is 0 Å². The Morgan fingerprint density at radius 1 is 1.59 bits per heavy atom. The van der Waals surface area contributed by atoms with Gasteiger partial charge in [0.2, 0.25) is 5.82 Å². The normalized spacial score (nSPS) is 12.2. The van der Waals surface area contributed by atoms with Crippen molar-refractivity contribution in [3.63, 3.8) is 0 Å². The fraction of sp³-hybridized carbons (Fsp3) is 0.400. The lowest BCUT2D eigenvalue weighted by Gasteiger charge is -2.18. The molecule has 1 rings (SSSR count). The van der Waals surface area contributed by atoms with Gasteiger partial charge in [0.15, 0.2) is 0 Å². The molecule has 0 bridgehead atoms. The minimum atomic E-state index is -1.07. The molecule has 1 aromatic rings. The number of carboxylic acids is 1. The van der Waals surface area contributed by atoms with Crippen LogP contribution >= 0.6 is 0 Å². The highest BCUT2D eigenvalue weighted by atomic mass is 16.6. The predicted octanol–water partition coefficient (Wildman–Crippen LogP) is 1.51. The third kappa shape index (κ3) is 3.13. The molecule has 0 spiro atoms. The number of nitrogens with zero attached hydrogens (tertiary/aromatic N) is 2. The molecule has 2 N–H and O–H groups in total. The van der Waals surface area contributed by atoms with Crippen molar-refractivity contribution in [2.75, 3.05) is 5.32 Å². The Morgan fingerprint density at radius 2 is 2.24 bits per heavy atom. The molecule has 1 atom stereocenters. The maximum atomic E-state index is 11.0. The number of nitro groups is 1. The maximum absolute atomic E-state index is 11.0. The van der Waals surface area contributed by atoms with E-state index >= 15 is 0 Å². The highest BCUT2D eigenvalue weighted by Gasteiger charge is 2.25. The average Bonchev–Trinajstić information content (AvgIpc) is 2.25. The summed E-state index contributed by atoms with van der Waals surface area (Å²) in [5, 5.41) is 22.3. The van der Waals surface area contributed by atoms with E-state index in [1.54, 1.807) is 13.8 Å². The molecule has 17 heavy (non-hydrogen) atoms. The number of anilines is 1. The fourth-order valence-corrected chi connectivity index (χ4v) is 1.32. The Morgan fingerprint density at radius 3 is 2.71 bits per heavy atom. The Bertz CT molecular complexity index is 433. The summed E-state index contributed by atoms with van der Waals surface area (Å²) in [6, 6.07) is 1.78. The lowest BCUT2D eigenvalue weighted by atomic mass is 10.0. The molecular weight excluding hydrogens is 226 g/mol. The molecule has 1 heterocycles. The molecule has 0 aliphatic carbocycles. The molecule has 0 aromatic carbocycles. The van der Waals surface area contributed by atoms with Gasteiger partial charge in [-0.1, -0.05) is 13.8 Å². The van der Waals surface area contributed by atoms with Crippen LogP contribution in [0, 0.1) is 16.0 Å². The van der Waals surface area contributed by atoms with E-state index in [-0.39, 0.29) is 17.4 Å². The second-order valence-electron chi connectivity index (χ2n) is 3.83. The predicted molar refractivity (Wildman–Crippen MR) is 60.8 cm³/mol. The number of aliphatic carboxylic acids is 1. The van der Waals surface area contributed by atoms with E-state index in [2.05, 4.69) is 10.3 Å². The molecule has 0 radical (unpaired) electrons. The SMILES string of the molecule is CC(C)[C@H](Nc1ncccc1[N+](=O)[O-])C(=O)O. The molecule has 0 unspecified atom stereocenters. The summed E-state index contributed by atoms with van der Waals surface area (Å²) in [4.78, 5) is 24.9. The van der Waals surface area contributed by atoms with E-state index in [0.29, 0.717) is 0 Å². The van der Waals surface area contributed by atoms with Crippen LogP contribution in [-0.2, 0) is 4.79 Å². The van der Waals surface area contributed by atoms with Gasteiger partial charge in [0, 0.05) is 12.3 Å². The van der Waals surface area contributed by atoms with Crippen molar-refractivity contribution >= 4 is 17.5 Å². The van der Waals surface area contributed by atoms with Crippen LogP contribution in [0.4, 0.5) is 11.5 Å². The molecule has 0 saturated carbocycles. The monoisotopic (exact) mass is 239 g/mol. The first-order valence-electron chi connectivity index (χ1n) is 5.02. The number of hydrogen-bond acceptors (Lipinski definition) is 5. The van der Waals surface area contributed by atoms with Crippen LogP contribution in [0.2, 0.25) is 0 Å². The van der Waals surface area contributed by atoms with Gasteiger partial charge in [-0.3, -0.25) is 10.1 Å². The van der Waals surface area contributed by atoms with Crippen LogP contribution in [0.1, 0.15) is 13.8 Å². The fourth-order valence-electron chi connectivity index (χ4n) is 1.32. The van der Waals surface area contributed by atoms with Gasteiger partial charge >= 0.3 is 11.7 Å². The van der Waals surface area contributed by atoms with Crippen LogP contribution in [0.25, 0.3) is 0 Å². The first kappa shape index (κ1) is 12.9. The molecule has 1 aromatic heterocycles. The number of aromatic nitrogens is 1.